The highest BCUT2D eigenvalue weighted by Gasteiger charge is 2.25. The van der Waals surface area contributed by atoms with Crippen LogP contribution in [0.25, 0.3) is 5.78 Å². The molecule has 116 valence electrons. The minimum atomic E-state index is -0.937. The lowest BCUT2D eigenvalue weighted by atomic mass is 10.1. The van der Waals surface area contributed by atoms with Crippen molar-refractivity contribution in [3.8, 4) is 0 Å². The highest BCUT2D eigenvalue weighted by atomic mass is 16.5. The summed E-state index contributed by atoms with van der Waals surface area (Å²) in [5, 5.41) is 6.61. The van der Waals surface area contributed by atoms with Crippen LogP contribution in [0, 0.1) is 0 Å². The van der Waals surface area contributed by atoms with Crippen molar-refractivity contribution in [1.29, 1.82) is 0 Å². The average molecular weight is 311 g/mol. The summed E-state index contributed by atoms with van der Waals surface area (Å²) < 4.78 is 6.13. The zero-order chi connectivity index (χ0) is 16.2. The number of rotatable bonds is 4. The number of carbonyl (C=O) groups is 2. The van der Waals surface area contributed by atoms with Gasteiger partial charge < -0.3 is 10.1 Å². The topological polar surface area (TPSA) is 98.5 Å². The number of esters is 1. The second-order valence-corrected chi connectivity index (χ2v) is 4.64. The molecule has 8 heteroatoms. The number of hydrogen-bond donors (Lipinski definition) is 1. The minimum absolute atomic E-state index is 0.0754. The third-order valence-corrected chi connectivity index (χ3v) is 3.16. The van der Waals surface area contributed by atoms with Gasteiger partial charge in [0.1, 0.15) is 0 Å². The molecule has 1 unspecified atom stereocenters. The van der Waals surface area contributed by atoms with E-state index in [0.717, 1.165) is 0 Å². The molecule has 1 amide bonds. The van der Waals surface area contributed by atoms with Crippen molar-refractivity contribution in [3.63, 3.8) is 0 Å². The molecule has 1 N–H and O–H groups in total. The summed E-state index contributed by atoms with van der Waals surface area (Å²) in [6.07, 6.45) is 3.17. The van der Waals surface area contributed by atoms with Crippen LogP contribution in [-0.4, -0.2) is 38.6 Å². The predicted octanol–water partition coefficient (Wildman–Crippen LogP) is 0.768. The van der Waals surface area contributed by atoms with Crippen LogP contribution < -0.4 is 5.32 Å². The lowest BCUT2D eigenvalue weighted by Crippen LogP contribution is -2.35. The van der Waals surface area contributed by atoms with E-state index in [1.807, 2.05) is 6.07 Å². The fourth-order valence-electron chi connectivity index (χ4n) is 2.07. The van der Waals surface area contributed by atoms with E-state index in [-0.39, 0.29) is 5.82 Å². The van der Waals surface area contributed by atoms with Gasteiger partial charge in [-0.15, -0.1) is 5.10 Å². The van der Waals surface area contributed by atoms with Crippen molar-refractivity contribution in [3.05, 3.63) is 60.2 Å². The Morgan fingerprint density at radius 3 is 2.70 bits per heavy atom. The van der Waals surface area contributed by atoms with Gasteiger partial charge >= 0.3 is 5.97 Å². The molecule has 1 aromatic carbocycles. The molecule has 0 saturated carbocycles. The van der Waals surface area contributed by atoms with Crippen LogP contribution >= 0.6 is 0 Å². The molecule has 8 nitrogen and oxygen atoms in total. The van der Waals surface area contributed by atoms with Crippen LogP contribution in [0.15, 0.2) is 48.8 Å². The van der Waals surface area contributed by atoms with Crippen LogP contribution in [0.4, 0.5) is 0 Å². The fraction of sp³-hybridized carbons (Fsp3) is 0.133. The van der Waals surface area contributed by atoms with Gasteiger partial charge in [0, 0.05) is 12.4 Å². The molecule has 2 aromatic heterocycles. The third kappa shape index (κ3) is 3.00. The van der Waals surface area contributed by atoms with Crippen LogP contribution in [0.5, 0.6) is 0 Å². The first kappa shape index (κ1) is 14.6. The Morgan fingerprint density at radius 1 is 1.22 bits per heavy atom. The molecule has 23 heavy (non-hydrogen) atoms. The van der Waals surface area contributed by atoms with E-state index in [2.05, 4.69) is 20.4 Å². The molecular formula is C15H13N5O3. The van der Waals surface area contributed by atoms with Crippen LogP contribution in [-0.2, 0) is 9.53 Å². The fourth-order valence-corrected chi connectivity index (χ4v) is 2.07. The first-order valence-corrected chi connectivity index (χ1v) is 6.80. The maximum atomic E-state index is 12.3. The standard InChI is InChI=1S/C15H13N5O3/c1-23-14(22)11(10-6-3-2-4-7-10)17-13(21)12-18-15-16-8-5-9-20(15)19-12/h2-9,11H,1H3,(H,17,21). The van der Waals surface area contributed by atoms with Crippen molar-refractivity contribution in [2.75, 3.05) is 7.11 Å². The van der Waals surface area contributed by atoms with Gasteiger partial charge in [-0.1, -0.05) is 30.3 Å². The lowest BCUT2D eigenvalue weighted by molar-refractivity contribution is -0.143. The van der Waals surface area contributed by atoms with Gasteiger partial charge in [-0.25, -0.2) is 14.3 Å². The third-order valence-electron chi connectivity index (χ3n) is 3.16. The monoisotopic (exact) mass is 311 g/mol. The van der Waals surface area contributed by atoms with Gasteiger partial charge in [0.15, 0.2) is 6.04 Å². The number of fused-ring (bicyclic) bond motifs is 1. The van der Waals surface area contributed by atoms with Gasteiger partial charge in [0.05, 0.1) is 7.11 Å². The summed E-state index contributed by atoms with van der Waals surface area (Å²) >= 11 is 0. The van der Waals surface area contributed by atoms with E-state index < -0.39 is 17.9 Å². The zero-order valence-corrected chi connectivity index (χ0v) is 12.2. The SMILES string of the molecule is COC(=O)C(NC(=O)c1nc2ncccn2n1)c1ccccc1. The molecule has 0 aliphatic heterocycles. The smallest absolute Gasteiger partial charge is 0.333 e. The molecule has 0 spiro atoms. The number of methoxy groups -OCH3 is 1. The maximum absolute atomic E-state index is 12.3. The molecule has 0 radical (unpaired) electrons. The number of amides is 1. The van der Waals surface area contributed by atoms with Gasteiger partial charge in [0.25, 0.3) is 11.7 Å². The normalized spacial score (nSPS) is 11.9. The predicted molar refractivity (Wildman–Crippen MR) is 79.4 cm³/mol. The van der Waals surface area contributed by atoms with Gasteiger partial charge in [-0.2, -0.15) is 4.98 Å². The molecule has 0 saturated heterocycles. The quantitative estimate of drug-likeness (QED) is 0.715. The average Bonchev–Trinajstić information content (AvgIpc) is 3.04. The van der Waals surface area contributed by atoms with Crippen LogP contribution in [0.3, 0.4) is 0 Å². The van der Waals surface area contributed by atoms with Crippen molar-refractivity contribution < 1.29 is 14.3 Å². The Hall–Kier alpha value is -3.29. The van der Waals surface area contributed by atoms with Crippen LogP contribution in [0.1, 0.15) is 22.2 Å². The van der Waals surface area contributed by atoms with E-state index in [9.17, 15) is 9.59 Å². The molecular weight excluding hydrogens is 298 g/mol. The van der Waals surface area contributed by atoms with Gasteiger partial charge in [0.2, 0.25) is 5.82 Å². The number of aromatic nitrogens is 4. The highest BCUT2D eigenvalue weighted by molar-refractivity contribution is 5.94. The van der Waals surface area contributed by atoms with E-state index >= 15 is 0 Å². The molecule has 0 aliphatic carbocycles. The summed E-state index contributed by atoms with van der Waals surface area (Å²) in [7, 11) is 1.26. The summed E-state index contributed by atoms with van der Waals surface area (Å²) in [5.74, 6) is -0.943. The Morgan fingerprint density at radius 2 is 2.00 bits per heavy atom. The summed E-state index contributed by atoms with van der Waals surface area (Å²) in [5.41, 5.74) is 0.606. The number of nitrogens with zero attached hydrogens (tertiary/aromatic N) is 4. The molecule has 3 rings (SSSR count). The molecule has 0 bridgehead atoms. The second kappa shape index (κ2) is 6.22. The first-order chi connectivity index (χ1) is 11.2. The summed E-state index contributed by atoms with van der Waals surface area (Å²) in [6, 6.07) is 9.53. The number of ether oxygens (including phenoxy) is 1. The van der Waals surface area contributed by atoms with Crippen molar-refractivity contribution in [2.45, 2.75) is 6.04 Å². The molecule has 0 fully saturated rings. The van der Waals surface area contributed by atoms with E-state index in [1.54, 1.807) is 42.7 Å². The van der Waals surface area contributed by atoms with E-state index in [4.69, 9.17) is 4.74 Å². The van der Waals surface area contributed by atoms with Crippen molar-refractivity contribution >= 4 is 17.7 Å². The number of hydrogen-bond acceptors (Lipinski definition) is 6. The Bertz CT molecular complexity index is 813. The summed E-state index contributed by atoms with van der Waals surface area (Å²) in [4.78, 5) is 32.3. The number of carbonyl (C=O) groups excluding carboxylic acids is 2. The molecule has 1 atom stereocenters. The zero-order valence-electron chi connectivity index (χ0n) is 12.2. The van der Waals surface area contributed by atoms with E-state index in [1.165, 1.54) is 11.6 Å². The lowest BCUT2D eigenvalue weighted by Gasteiger charge is -2.15. The van der Waals surface area contributed by atoms with E-state index in [0.29, 0.717) is 11.3 Å². The van der Waals surface area contributed by atoms with Gasteiger partial charge in [-0.05, 0) is 11.6 Å². The minimum Gasteiger partial charge on any atom is -0.467 e. The molecule has 2 heterocycles. The second-order valence-electron chi connectivity index (χ2n) is 4.64. The Balaban J connectivity index is 1.87. The number of nitrogens with one attached hydrogen (secondary N) is 1. The largest absolute Gasteiger partial charge is 0.467 e. The maximum Gasteiger partial charge on any atom is 0.333 e. The Kier molecular flexibility index (Phi) is 3.96. The van der Waals surface area contributed by atoms with Crippen LogP contribution in [0.2, 0.25) is 0 Å². The van der Waals surface area contributed by atoms with Gasteiger partial charge in [-0.3, -0.25) is 4.79 Å². The van der Waals surface area contributed by atoms with Crippen molar-refractivity contribution in [1.82, 2.24) is 24.9 Å². The molecule has 0 aliphatic rings. The Labute approximate surface area is 131 Å². The highest BCUT2D eigenvalue weighted by Crippen LogP contribution is 2.14. The summed E-state index contributed by atoms with van der Waals surface area (Å²) in [6.45, 7) is 0. The first-order valence-electron chi connectivity index (χ1n) is 6.80. The number of benzene rings is 1. The van der Waals surface area contributed by atoms with Crippen molar-refractivity contribution in [2.24, 2.45) is 0 Å². The molecule has 3 aromatic rings.